The van der Waals surface area contributed by atoms with Crippen molar-refractivity contribution >= 4 is 17.1 Å². The van der Waals surface area contributed by atoms with E-state index in [1.807, 2.05) is 6.07 Å². The van der Waals surface area contributed by atoms with Crippen LogP contribution in [0.1, 0.15) is 41.2 Å². The molecule has 94 valence electrons. The van der Waals surface area contributed by atoms with Gasteiger partial charge in [0.1, 0.15) is 0 Å². The van der Waals surface area contributed by atoms with Gasteiger partial charge in [-0.05, 0) is 50.4 Å². The highest BCUT2D eigenvalue weighted by molar-refractivity contribution is 7.14. The lowest BCUT2D eigenvalue weighted by molar-refractivity contribution is 0.0899. The molecule has 1 aromatic heterocycles. The van der Waals surface area contributed by atoms with Crippen LogP contribution in [0.15, 0.2) is 12.1 Å². The number of ketones is 1. The van der Waals surface area contributed by atoms with E-state index < -0.39 is 0 Å². The van der Waals surface area contributed by atoms with Gasteiger partial charge in [0.05, 0.1) is 4.88 Å². The minimum Gasteiger partial charge on any atom is -0.317 e. The lowest BCUT2D eigenvalue weighted by Gasteiger charge is -2.20. The molecule has 2 rings (SSSR count). The fourth-order valence-corrected chi connectivity index (χ4v) is 3.55. The smallest absolute Gasteiger partial charge is 0.175 e. The van der Waals surface area contributed by atoms with E-state index in [-0.39, 0.29) is 5.92 Å². The van der Waals surface area contributed by atoms with E-state index in [0.29, 0.717) is 11.7 Å². The van der Waals surface area contributed by atoms with Crippen LogP contribution in [0.25, 0.3) is 0 Å². The molecule has 1 saturated heterocycles. The van der Waals surface area contributed by atoms with Crippen LogP contribution in [-0.4, -0.2) is 18.9 Å². The van der Waals surface area contributed by atoms with Crippen molar-refractivity contribution in [3.8, 4) is 0 Å². The van der Waals surface area contributed by atoms with Gasteiger partial charge in [0.25, 0.3) is 0 Å². The Balaban J connectivity index is 2.01. The lowest BCUT2D eigenvalue weighted by atomic mass is 9.93. The Kier molecular flexibility index (Phi) is 4.35. The van der Waals surface area contributed by atoms with Crippen molar-refractivity contribution in [2.75, 3.05) is 13.1 Å². The number of carbonyl (C=O) groups is 1. The number of carbonyl (C=O) groups excluding carboxylic acids is 1. The highest BCUT2D eigenvalue weighted by Gasteiger charge is 2.23. The van der Waals surface area contributed by atoms with E-state index in [9.17, 15) is 4.79 Å². The number of nitrogens with one attached hydrogen (secondary N) is 1. The second-order valence-electron chi connectivity index (χ2n) is 5.25. The number of thiophene rings is 1. The molecule has 0 spiro atoms. The molecule has 0 aliphatic carbocycles. The fraction of sp³-hybridized carbons (Fsp3) is 0.643. The quantitative estimate of drug-likeness (QED) is 0.833. The van der Waals surface area contributed by atoms with Gasteiger partial charge < -0.3 is 5.32 Å². The van der Waals surface area contributed by atoms with Gasteiger partial charge in [-0.3, -0.25) is 4.79 Å². The van der Waals surface area contributed by atoms with Crippen LogP contribution >= 0.6 is 11.3 Å². The van der Waals surface area contributed by atoms with Gasteiger partial charge in [0.15, 0.2) is 5.78 Å². The molecule has 1 aliphatic rings. The standard InChI is InChI=1S/C14H21NOS/c1-10(2)9-12-3-4-13(17-12)14(16)11-5-7-15-8-6-11/h3-4,10-11,15H,5-9H2,1-2H3. The summed E-state index contributed by atoms with van der Waals surface area (Å²) in [6.45, 7) is 6.41. The predicted octanol–water partition coefficient (Wildman–Crippen LogP) is 3.13. The van der Waals surface area contributed by atoms with Crippen LogP contribution in [0, 0.1) is 11.8 Å². The van der Waals surface area contributed by atoms with Crippen LogP contribution in [-0.2, 0) is 6.42 Å². The first-order chi connectivity index (χ1) is 8.16. The van der Waals surface area contributed by atoms with Gasteiger partial charge >= 0.3 is 0 Å². The summed E-state index contributed by atoms with van der Waals surface area (Å²) in [6, 6.07) is 4.14. The normalized spacial score (nSPS) is 17.6. The molecule has 2 heterocycles. The second kappa shape index (κ2) is 5.78. The maximum absolute atomic E-state index is 12.3. The van der Waals surface area contributed by atoms with Gasteiger partial charge in [-0.2, -0.15) is 0 Å². The van der Waals surface area contributed by atoms with Gasteiger partial charge in [-0.15, -0.1) is 11.3 Å². The predicted molar refractivity (Wildman–Crippen MR) is 72.8 cm³/mol. The van der Waals surface area contributed by atoms with E-state index in [1.165, 1.54) is 4.88 Å². The summed E-state index contributed by atoms with van der Waals surface area (Å²) < 4.78 is 0. The molecule has 0 radical (unpaired) electrons. The summed E-state index contributed by atoms with van der Waals surface area (Å²) in [7, 11) is 0. The average molecular weight is 251 g/mol. The molecular weight excluding hydrogens is 230 g/mol. The molecule has 1 N–H and O–H groups in total. The summed E-state index contributed by atoms with van der Waals surface area (Å²) in [5.41, 5.74) is 0. The molecule has 0 atom stereocenters. The Morgan fingerprint density at radius 2 is 2.12 bits per heavy atom. The minimum atomic E-state index is 0.252. The maximum Gasteiger partial charge on any atom is 0.175 e. The molecule has 0 bridgehead atoms. The highest BCUT2D eigenvalue weighted by Crippen LogP contribution is 2.25. The maximum atomic E-state index is 12.3. The first-order valence-electron chi connectivity index (χ1n) is 6.50. The molecule has 1 aromatic rings. The third-order valence-corrected chi connectivity index (χ3v) is 4.35. The zero-order valence-electron chi connectivity index (χ0n) is 10.7. The molecule has 17 heavy (non-hydrogen) atoms. The van der Waals surface area contributed by atoms with Crippen LogP contribution < -0.4 is 5.32 Å². The van der Waals surface area contributed by atoms with E-state index >= 15 is 0 Å². The van der Waals surface area contributed by atoms with Gasteiger partial charge in [0, 0.05) is 10.8 Å². The molecule has 1 aliphatic heterocycles. The molecule has 3 heteroatoms. The Morgan fingerprint density at radius 1 is 1.41 bits per heavy atom. The number of rotatable bonds is 4. The Morgan fingerprint density at radius 3 is 2.76 bits per heavy atom. The molecule has 0 saturated carbocycles. The van der Waals surface area contributed by atoms with Crippen molar-refractivity contribution in [1.29, 1.82) is 0 Å². The summed E-state index contributed by atoms with van der Waals surface area (Å²) in [4.78, 5) is 14.6. The summed E-state index contributed by atoms with van der Waals surface area (Å²) in [6.07, 6.45) is 3.08. The van der Waals surface area contributed by atoms with E-state index in [4.69, 9.17) is 0 Å². The molecule has 0 unspecified atom stereocenters. The zero-order valence-corrected chi connectivity index (χ0v) is 11.5. The Labute approximate surface area is 107 Å². The topological polar surface area (TPSA) is 29.1 Å². The lowest BCUT2D eigenvalue weighted by Crippen LogP contribution is -2.31. The van der Waals surface area contributed by atoms with Crippen molar-refractivity contribution in [1.82, 2.24) is 5.32 Å². The largest absolute Gasteiger partial charge is 0.317 e. The van der Waals surface area contributed by atoms with Crippen molar-refractivity contribution in [2.24, 2.45) is 11.8 Å². The van der Waals surface area contributed by atoms with Crippen molar-refractivity contribution in [3.05, 3.63) is 21.9 Å². The third kappa shape index (κ3) is 3.39. The van der Waals surface area contributed by atoms with Gasteiger partial charge in [-0.1, -0.05) is 13.8 Å². The third-order valence-electron chi connectivity index (χ3n) is 3.22. The Hall–Kier alpha value is -0.670. The number of Topliss-reactive ketones (excluding diaryl/α,β-unsaturated/α-hetero) is 1. The SMILES string of the molecule is CC(C)Cc1ccc(C(=O)C2CCNCC2)s1. The molecular formula is C14H21NOS. The average Bonchev–Trinajstić information content (AvgIpc) is 2.77. The number of hydrogen-bond acceptors (Lipinski definition) is 3. The van der Waals surface area contributed by atoms with Gasteiger partial charge in [0.2, 0.25) is 0 Å². The monoisotopic (exact) mass is 251 g/mol. The van der Waals surface area contributed by atoms with Crippen molar-refractivity contribution in [3.63, 3.8) is 0 Å². The zero-order chi connectivity index (χ0) is 12.3. The van der Waals surface area contributed by atoms with E-state index in [2.05, 4.69) is 25.2 Å². The van der Waals surface area contributed by atoms with Crippen LogP contribution in [0.3, 0.4) is 0 Å². The van der Waals surface area contributed by atoms with E-state index in [0.717, 1.165) is 37.2 Å². The highest BCUT2D eigenvalue weighted by atomic mass is 32.1. The molecule has 1 fully saturated rings. The molecule has 0 amide bonds. The summed E-state index contributed by atoms with van der Waals surface area (Å²) in [5, 5.41) is 3.30. The molecule has 0 aromatic carbocycles. The van der Waals surface area contributed by atoms with Crippen LogP contribution in [0.4, 0.5) is 0 Å². The number of piperidine rings is 1. The molecule has 2 nitrogen and oxygen atoms in total. The first-order valence-corrected chi connectivity index (χ1v) is 7.32. The Bertz CT molecular complexity index is 377. The van der Waals surface area contributed by atoms with Crippen molar-refractivity contribution < 1.29 is 4.79 Å². The summed E-state index contributed by atoms with van der Waals surface area (Å²) in [5.74, 6) is 1.28. The van der Waals surface area contributed by atoms with Gasteiger partial charge in [-0.25, -0.2) is 0 Å². The van der Waals surface area contributed by atoms with Crippen LogP contribution in [0.5, 0.6) is 0 Å². The van der Waals surface area contributed by atoms with Crippen LogP contribution in [0.2, 0.25) is 0 Å². The second-order valence-corrected chi connectivity index (χ2v) is 6.42. The minimum absolute atomic E-state index is 0.252. The first kappa shape index (κ1) is 12.8. The summed E-state index contributed by atoms with van der Waals surface area (Å²) >= 11 is 1.69. The van der Waals surface area contributed by atoms with E-state index in [1.54, 1.807) is 11.3 Å². The van der Waals surface area contributed by atoms with Crippen molar-refractivity contribution in [2.45, 2.75) is 33.1 Å². The number of hydrogen-bond donors (Lipinski definition) is 1. The fourth-order valence-electron chi connectivity index (χ4n) is 2.31.